The van der Waals surface area contributed by atoms with E-state index < -0.39 is 10.0 Å². The summed E-state index contributed by atoms with van der Waals surface area (Å²) in [4.78, 5) is 12.9. The lowest BCUT2D eigenvalue weighted by molar-refractivity contribution is 0.0935. The van der Waals surface area contributed by atoms with Crippen molar-refractivity contribution >= 4 is 21.6 Å². The Labute approximate surface area is 178 Å². The molecule has 0 radical (unpaired) electrons. The van der Waals surface area contributed by atoms with Gasteiger partial charge in [-0.25, -0.2) is 8.42 Å². The Morgan fingerprint density at radius 2 is 1.53 bits per heavy atom. The van der Waals surface area contributed by atoms with Crippen LogP contribution in [0.1, 0.15) is 40.9 Å². The number of amides is 1. The Balaban J connectivity index is 1.74. The molecule has 0 aromatic heterocycles. The lowest BCUT2D eigenvalue weighted by atomic mass is 10.0. The maximum atomic E-state index is 12.8. The third kappa shape index (κ3) is 4.71. The summed E-state index contributed by atoms with van der Waals surface area (Å²) in [5.74, 6) is -0.192. The van der Waals surface area contributed by atoms with Crippen molar-refractivity contribution < 1.29 is 13.2 Å². The second kappa shape index (κ2) is 9.13. The fourth-order valence-corrected chi connectivity index (χ4v) is 4.39. The summed E-state index contributed by atoms with van der Waals surface area (Å²) >= 11 is 0. The number of hydrogen-bond acceptors (Lipinski definition) is 3. The smallest absolute Gasteiger partial charge is 0.264 e. The van der Waals surface area contributed by atoms with E-state index in [1.54, 1.807) is 54.6 Å². The van der Waals surface area contributed by atoms with Gasteiger partial charge < -0.3 is 5.32 Å². The maximum absolute atomic E-state index is 12.8. The van der Waals surface area contributed by atoms with Crippen LogP contribution in [-0.4, -0.2) is 21.4 Å². The molecule has 30 heavy (non-hydrogen) atoms. The van der Waals surface area contributed by atoms with E-state index in [2.05, 4.69) is 5.32 Å². The average molecular weight is 423 g/mol. The Kier molecular flexibility index (Phi) is 6.57. The molecular formula is C24H26N2O3S. The number of carbonyl (C=O) groups excluding carboxylic acids is 1. The van der Waals surface area contributed by atoms with E-state index in [1.807, 2.05) is 38.1 Å². The van der Waals surface area contributed by atoms with Crippen LogP contribution >= 0.6 is 0 Å². The zero-order valence-electron chi connectivity index (χ0n) is 17.4. The largest absolute Gasteiger partial charge is 0.345 e. The van der Waals surface area contributed by atoms with Crippen LogP contribution in [0.5, 0.6) is 0 Å². The molecule has 156 valence electrons. The predicted octanol–water partition coefficient (Wildman–Crippen LogP) is 4.70. The summed E-state index contributed by atoms with van der Waals surface area (Å²) in [6, 6.07) is 22.9. The SMILES string of the molecule is CCC(NC(=O)c1ccc(N(C)S(=O)(=O)c2ccccc2)cc1)c1ccc(C)cc1. The van der Waals surface area contributed by atoms with Crippen LogP contribution in [0.15, 0.2) is 83.8 Å². The van der Waals surface area contributed by atoms with E-state index in [-0.39, 0.29) is 16.8 Å². The van der Waals surface area contributed by atoms with E-state index >= 15 is 0 Å². The molecule has 1 N–H and O–H groups in total. The van der Waals surface area contributed by atoms with Gasteiger partial charge in [0.25, 0.3) is 15.9 Å². The normalized spacial score (nSPS) is 12.2. The highest BCUT2D eigenvalue weighted by Crippen LogP contribution is 2.23. The maximum Gasteiger partial charge on any atom is 0.264 e. The van der Waals surface area contributed by atoms with Crippen LogP contribution in [0.25, 0.3) is 0 Å². The Morgan fingerprint density at radius 3 is 2.10 bits per heavy atom. The molecule has 6 heteroatoms. The summed E-state index contributed by atoms with van der Waals surface area (Å²) in [6.45, 7) is 4.05. The fraction of sp³-hybridized carbons (Fsp3) is 0.208. The van der Waals surface area contributed by atoms with Crippen molar-refractivity contribution in [3.63, 3.8) is 0 Å². The van der Waals surface area contributed by atoms with E-state index in [9.17, 15) is 13.2 Å². The number of rotatable bonds is 7. The van der Waals surface area contributed by atoms with Crippen LogP contribution in [0.3, 0.4) is 0 Å². The van der Waals surface area contributed by atoms with E-state index in [4.69, 9.17) is 0 Å². The van der Waals surface area contributed by atoms with E-state index in [0.29, 0.717) is 11.3 Å². The van der Waals surface area contributed by atoms with Gasteiger partial charge in [0, 0.05) is 12.6 Å². The van der Waals surface area contributed by atoms with Crippen LogP contribution in [0, 0.1) is 6.92 Å². The molecule has 0 aliphatic rings. The molecule has 0 aliphatic carbocycles. The minimum absolute atomic E-state index is 0.0843. The molecule has 0 saturated heterocycles. The molecule has 3 rings (SSSR count). The second-order valence-electron chi connectivity index (χ2n) is 7.18. The molecule has 0 saturated carbocycles. The Hall–Kier alpha value is -3.12. The van der Waals surface area contributed by atoms with Gasteiger partial charge in [-0.15, -0.1) is 0 Å². The first kappa shape index (κ1) is 21.6. The van der Waals surface area contributed by atoms with E-state index in [0.717, 1.165) is 12.0 Å². The number of sulfonamides is 1. The zero-order valence-corrected chi connectivity index (χ0v) is 18.2. The summed E-state index contributed by atoms with van der Waals surface area (Å²) in [5, 5.41) is 3.05. The number of hydrogen-bond donors (Lipinski definition) is 1. The van der Waals surface area contributed by atoms with Crippen molar-refractivity contribution in [3.8, 4) is 0 Å². The first-order valence-corrected chi connectivity index (χ1v) is 11.3. The van der Waals surface area contributed by atoms with Crippen molar-refractivity contribution in [1.82, 2.24) is 5.32 Å². The lowest BCUT2D eigenvalue weighted by Gasteiger charge is -2.20. The third-order valence-electron chi connectivity index (χ3n) is 5.09. The minimum Gasteiger partial charge on any atom is -0.345 e. The van der Waals surface area contributed by atoms with Crippen LogP contribution in [0.2, 0.25) is 0 Å². The average Bonchev–Trinajstić information content (AvgIpc) is 2.78. The molecule has 1 unspecified atom stereocenters. The van der Waals surface area contributed by atoms with Gasteiger partial charge in [-0.3, -0.25) is 9.10 Å². The van der Waals surface area contributed by atoms with Gasteiger partial charge in [-0.1, -0.05) is 55.0 Å². The molecule has 0 spiro atoms. The lowest BCUT2D eigenvalue weighted by Crippen LogP contribution is -2.28. The van der Waals surface area contributed by atoms with Gasteiger partial charge in [-0.2, -0.15) is 0 Å². The quantitative estimate of drug-likeness (QED) is 0.600. The fourth-order valence-electron chi connectivity index (χ4n) is 3.17. The van der Waals surface area contributed by atoms with Gasteiger partial charge in [0.05, 0.1) is 16.6 Å². The molecule has 0 heterocycles. The Morgan fingerprint density at radius 1 is 0.933 bits per heavy atom. The molecule has 0 aliphatic heterocycles. The molecule has 1 amide bonds. The summed E-state index contributed by atoms with van der Waals surface area (Å²) in [7, 11) is -2.15. The van der Waals surface area contributed by atoms with Crippen molar-refractivity contribution in [2.75, 3.05) is 11.4 Å². The van der Waals surface area contributed by atoms with Crippen molar-refractivity contribution in [2.45, 2.75) is 31.2 Å². The number of nitrogens with zero attached hydrogens (tertiary/aromatic N) is 1. The molecule has 0 bridgehead atoms. The summed E-state index contributed by atoms with van der Waals surface area (Å²) in [5.41, 5.74) is 3.20. The highest BCUT2D eigenvalue weighted by atomic mass is 32.2. The Bertz CT molecular complexity index is 1090. The van der Waals surface area contributed by atoms with Gasteiger partial charge in [0.1, 0.15) is 0 Å². The highest BCUT2D eigenvalue weighted by molar-refractivity contribution is 7.92. The molecular weight excluding hydrogens is 396 g/mol. The number of aryl methyl sites for hydroxylation is 1. The number of nitrogens with one attached hydrogen (secondary N) is 1. The number of benzene rings is 3. The van der Waals surface area contributed by atoms with Crippen molar-refractivity contribution in [3.05, 3.63) is 95.6 Å². The first-order chi connectivity index (χ1) is 14.3. The van der Waals surface area contributed by atoms with E-state index in [1.165, 1.54) is 16.9 Å². The first-order valence-electron chi connectivity index (χ1n) is 9.84. The third-order valence-corrected chi connectivity index (χ3v) is 6.89. The predicted molar refractivity (Wildman–Crippen MR) is 120 cm³/mol. The monoisotopic (exact) mass is 422 g/mol. The van der Waals surface area contributed by atoms with Crippen molar-refractivity contribution in [2.24, 2.45) is 0 Å². The van der Waals surface area contributed by atoms with Gasteiger partial charge in [0.15, 0.2) is 0 Å². The van der Waals surface area contributed by atoms with Crippen LogP contribution < -0.4 is 9.62 Å². The molecule has 5 nitrogen and oxygen atoms in total. The zero-order chi connectivity index (χ0) is 21.7. The van der Waals surface area contributed by atoms with Gasteiger partial charge in [-0.05, 0) is 55.3 Å². The minimum atomic E-state index is -3.65. The van der Waals surface area contributed by atoms with Gasteiger partial charge in [0.2, 0.25) is 0 Å². The van der Waals surface area contributed by atoms with Gasteiger partial charge >= 0.3 is 0 Å². The molecule has 0 fully saturated rings. The molecule has 1 atom stereocenters. The second-order valence-corrected chi connectivity index (χ2v) is 9.15. The summed E-state index contributed by atoms with van der Waals surface area (Å²) < 4.78 is 26.7. The highest BCUT2D eigenvalue weighted by Gasteiger charge is 2.21. The van der Waals surface area contributed by atoms with Crippen LogP contribution in [-0.2, 0) is 10.0 Å². The van der Waals surface area contributed by atoms with Crippen LogP contribution in [0.4, 0.5) is 5.69 Å². The standard InChI is InChI=1S/C24H26N2O3S/c1-4-23(19-12-10-18(2)11-13-19)25-24(27)20-14-16-21(17-15-20)26(3)30(28,29)22-8-6-5-7-9-22/h5-17,23H,4H2,1-3H3,(H,25,27). The summed E-state index contributed by atoms with van der Waals surface area (Å²) in [6.07, 6.45) is 0.769. The number of carbonyl (C=O) groups is 1. The number of anilines is 1. The molecule has 3 aromatic carbocycles. The van der Waals surface area contributed by atoms with Crippen molar-refractivity contribution in [1.29, 1.82) is 0 Å². The molecule has 3 aromatic rings. The topological polar surface area (TPSA) is 66.5 Å².